The molecule has 7 nitrogen and oxygen atoms in total. The molecule has 0 bridgehead atoms. The first kappa shape index (κ1) is 18.9. The Morgan fingerprint density at radius 3 is 2.31 bits per heavy atom. The Kier molecular flexibility index (Phi) is 5.96. The van der Waals surface area contributed by atoms with Crippen molar-refractivity contribution in [1.82, 2.24) is 24.3 Å². The molecule has 2 aliphatic heterocycles. The standard InChI is InChI=1S/C19H31N5O2/c1-4-21-11-13-23(14-12-21)18(25)16-15-9-7-8-10-24(15)17(20-16)19(26)22(5-2)6-3/h4-14H2,1-3H3. The molecular weight excluding hydrogens is 330 g/mol. The third-order valence-electron chi connectivity index (χ3n) is 5.67. The normalized spacial score (nSPS) is 17.9. The lowest BCUT2D eigenvalue weighted by atomic mass is 10.1. The second-order valence-electron chi connectivity index (χ2n) is 7.04. The van der Waals surface area contributed by atoms with Gasteiger partial charge < -0.3 is 19.3 Å². The summed E-state index contributed by atoms with van der Waals surface area (Å²) < 4.78 is 2.00. The van der Waals surface area contributed by atoms with Crippen LogP contribution >= 0.6 is 0 Å². The van der Waals surface area contributed by atoms with E-state index in [2.05, 4.69) is 16.8 Å². The van der Waals surface area contributed by atoms with Crippen LogP contribution in [0.15, 0.2) is 0 Å². The first-order chi connectivity index (χ1) is 12.6. The van der Waals surface area contributed by atoms with E-state index in [1.165, 1.54) is 0 Å². The maximum atomic E-state index is 13.1. The SMILES string of the molecule is CCN1CCN(C(=O)c2nc(C(=O)N(CC)CC)n3c2CCCC3)CC1. The fraction of sp³-hybridized carbons (Fsp3) is 0.737. The molecule has 3 rings (SSSR count). The highest BCUT2D eigenvalue weighted by Crippen LogP contribution is 2.23. The van der Waals surface area contributed by atoms with Crippen molar-refractivity contribution in [3.05, 3.63) is 17.2 Å². The minimum Gasteiger partial charge on any atom is -0.337 e. The van der Waals surface area contributed by atoms with Crippen molar-refractivity contribution in [2.75, 3.05) is 45.8 Å². The number of likely N-dealkylation sites (N-methyl/N-ethyl adjacent to an activating group) is 1. The number of aromatic nitrogens is 2. The molecule has 1 fully saturated rings. The van der Waals surface area contributed by atoms with Gasteiger partial charge in [-0.25, -0.2) is 4.98 Å². The highest BCUT2D eigenvalue weighted by Gasteiger charge is 2.32. The number of hydrogen-bond donors (Lipinski definition) is 0. The smallest absolute Gasteiger partial charge is 0.289 e. The summed E-state index contributed by atoms with van der Waals surface area (Å²) in [6, 6.07) is 0. The zero-order valence-corrected chi connectivity index (χ0v) is 16.3. The predicted molar refractivity (Wildman–Crippen MR) is 100 cm³/mol. The van der Waals surface area contributed by atoms with Gasteiger partial charge in [-0.3, -0.25) is 9.59 Å². The lowest BCUT2D eigenvalue weighted by Gasteiger charge is -2.33. The summed E-state index contributed by atoms with van der Waals surface area (Å²) in [4.78, 5) is 36.6. The van der Waals surface area contributed by atoms with Gasteiger partial charge >= 0.3 is 0 Å². The third kappa shape index (κ3) is 3.49. The van der Waals surface area contributed by atoms with E-state index in [1.807, 2.05) is 23.3 Å². The van der Waals surface area contributed by atoms with E-state index in [9.17, 15) is 9.59 Å². The fourth-order valence-corrected chi connectivity index (χ4v) is 3.95. The van der Waals surface area contributed by atoms with Gasteiger partial charge in [-0.05, 0) is 39.7 Å². The Balaban J connectivity index is 1.88. The van der Waals surface area contributed by atoms with Crippen LogP contribution in [-0.2, 0) is 13.0 Å². The molecule has 144 valence electrons. The average Bonchev–Trinajstić information content (AvgIpc) is 3.08. The molecule has 0 aliphatic carbocycles. The molecule has 1 aromatic rings. The molecule has 0 unspecified atom stereocenters. The number of rotatable bonds is 5. The van der Waals surface area contributed by atoms with Gasteiger partial charge in [0.25, 0.3) is 11.8 Å². The number of carbonyl (C=O) groups excluding carboxylic acids is 2. The molecule has 2 aliphatic rings. The summed E-state index contributed by atoms with van der Waals surface area (Å²) in [5.74, 6) is 0.372. The van der Waals surface area contributed by atoms with E-state index < -0.39 is 0 Å². The Morgan fingerprint density at radius 2 is 1.69 bits per heavy atom. The molecule has 0 aromatic carbocycles. The van der Waals surface area contributed by atoms with Crippen LogP contribution < -0.4 is 0 Å². The summed E-state index contributed by atoms with van der Waals surface area (Å²) in [7, 11) is 0. The lowest BCUT2D eigenvalue weighted by molar-refractivity contribution is 0.0636. The predicted octanol–water partition coefficient (Wildman–Crippen LogP) is 1.48. The van der Waals surface area contributed by atoms with Crippen molar-refractivity contribution in [2.24, 2.45) is 0 Å². The minimum absolute atomic E-state index is 0.00926. The molecule has 0 N–H and O–H groups in total. The first-order valence-electron chi connectivity index (χ1n) is 10.0. The monoisotopic (exact) mass is 361 g/mol. The van der Waals surface area contributed by atoms with Gasteiger partial charge in [0.15, 0.2) is 5.82 Å². The quantitative estimate of drug-likeness (QED) is 0.797. The minimum atomic E-state index is -0.0620. The van der Waals surface area contributed by atoms with Gasteiger partial charge in [0.2, 0.25) is 0 Å². The topological polar surface area (TPSA) is 61.7 Å². The van der Waals surface area contributed by atoms with Crippen molar-refractivity contribution in [3.8, 4) is 0 Å². The third-order valence-corrected chi connectivity index (χ3v) is 5.67. The number of hydrogen-bond acceptors (Lipinski definition) is 4. The molecule has 26 heavy (non-hydrogen) atoms. The molecular formula is C19H31N5O2. The van der Waals surface area contributed by atoms with Crippen LogP contribution in [-0.4, -0.2) is 81.9 Å². The van der Waals surface area contributed by atoms with Crippen LogP contribution in [0.25, 0.3) is 0 Å². The zero-order chi connectivity index (χ0) is 18.7. The number of nitrogens with zero attached hydrogens (tertiary/aromatic N) is 5. The maximum Gasteiger partial charge on any atom is 0.289 e. The average molecular weight is 361 g/mol. The Bertz CT molecular complexity index is 657. The van der Waals surface area contributed by atoms with Crippen molar-refractivity contribution in [3.63, 3.8) is 0 Å². The Morgan fingerprint density at radius 1 is 1.00 bits per heavy atom. The first-order valence-corrected chi connectivity index (χ1v) is 10.0. The summed E-state index contributed by atoms with van der Waals surface area (Å²) in [5.41, 5.74) is 1.46. The molecule has 0 atom stereocenters. The number of imidazole rings is 1. The van der Waals surface area contributed by atoms with E-state index in [1.54, 1.807) is 4.90 Å². The molecule has 0 saturated carbocycles. The van der Waals surface area contributed by atoms with E-state index >= 15 is 0 Å². The second kappa shape index (κ2) is 8.20. The largest absolute Gasteiger partial charge is 0.337 e. The van der Waals surface area contributed by atoms with E-state index in [-0.39, 0.29) is 11.8 Å². The van der Waals surface area contributed by atoms with E-state index in [0.29, 0.717) is 24.6 Å². The molecule has 2 amide bonds. The van der Waals surface area contributed by atoms with Crippen molar-refractivity contribution in [1.29, 1.82) is 0 Å². The van der Waals surface area contributed by atoms with Crippen molar-refractivity contribution in [2.45, 2.75) is 46.6 Å². The van der Waals surface area contributed by atoms with Gasteiger partial charge in [-0.15, -0.1) is 0 Å². The summed E-state index contributed by atoms with van der Waals surface area (Å²) in [6.07, 6.45) is 2.91. The maximum absolute atomic E-state index is 13.1. The van der Waals surface area contributed by atoms with Crippen LogP contribution in [0, 0.1) is 0 Å². The number of piperazine rings is 1. The van der Waals surface area contributed by atoms with Gasteiger partial charge in [0.05, 0.1) is 5.69 Å². The second-order valence-corrected chi connectivity index (χ2v) is 7.04. The molecule has 0 radical (unpaired) electrons. The van der Waals surface area contributed by atoms with Gasteiger partial charge in [0.1, 0.15) is 5.69 Å². The lowest BCUT2D eigenvalue weighted by Crippen LogP contribution is -2.48. The highest BCUT2D eigenvalue weighted by molar-refractivity contribution is 5.97. The van der Waals surface area contributed by atoms with Crippen LogP contribution in [0.1, 0.15) is 60.4 Å². The summed E-state index contributed by atoms with van der Waals surface area (Å²) >= 11 is 0. The molecule has 1 aromatic heterocycles. The van der Waals surface area contributed by atoms with Crippen LogP contribution in [0.4, 0.5) is 0 Å². The van der Waals surface area contributed by atoms with Crippen LogP contribution in [0.2, 0.25) is 0 Å². The Labute approximate surface area is 156 Å². The number of fused-ring (bicyclic) bond motifs is 1. The van der Waals surface area contributed by atoms with Gasteiger partial charge in [0, 0.05) is 45.8 Å². The van der Waals surface area contributed by atoms with E-state index in [4.69, 9.17) is 0 Å². The van der Waals surface area contributed by atoms with Crippen molar-refractivity contribution < 1.29 is 9.59 Å². The van der Waals surface area contributed by atoms with Crippen molar-refractivity contribution >= 4 is 11.8 Å². The molecule has 0 spiro atoms. The van der Waals surface area contributed by atoms with Crippen LogP contribution in [0.3, 0.4) is 0 Å². The number of amides is 2. The van der Waals surface area contributed by atoms with Gasteiger partial charge in [-0.2, -0.15) is 0 Å². The zero-order valence-electron chi connectivity index (χ0n) is 16.3. The molecule has 3 heterocycles. The van der Waals surface area contributed by atoms with Gasteiger partial charge in [-0.1, -0.05) is 6.92 Å². The van der Waals surface area contributed by atoms with Crippen LogP contribution in [0.5, 0.6) is 0 Å². The fourth-order valence-electron chi connectivity index (χ4n) is 3.95. The Hall–Kier alpha value is -1.89. The molecule has 7 heteroatoms. The summed E-state index contributed by atoms with van der Waals surface area (Å²) in [5, 5.41) is 0. The number of carbonyl (C=O) groups is 2. The van der Waals surface area contributed by atoms with E-state index in [0.717, 1.165) is 64.2 Å². The summed E-state index contributed by atoms with van der Waals surface area (Å²) in [6.45, 7) is 12.5. The highest BCUT2D eigenvalue weighted by atomic mass is 16.2. The molecule has 1 saturated heterocycles.